The Labute approximate surface area is 137 Å². The van der Waals surface area contributed by atoms with E-state index >= 15 is 0 Å². The molecule has 0 amide bonds. The highest BCUT2D eigenvalue weighted by atomic mass is 79.9. The Balaban J connectivity index is 2.23. The molecule has 0 spiro atoms. The molecule has 0 bridgehead atoms. The minimum absolute atomic E-state index is 0.299. The minimum atomic E-state index is 0.299. The smallest absolute Gasteiger partial charge is 0.0723 e. The Morgan fingerprint density at radius 3 is 2.90 bits per heavy atom. The summed E-state index contributed by atoms with van der Waals surface area (Å²) in [7, 11) is 0. The van der Waals surface area contributed by atoms with Gasteiger partial charge < -0.3 is 15.0 Å². The third kappa shape index (κ3) is 4.44. The molecule has 4 heteroatoms. The van der Waals surface area contributed by atoms with E-state index in [0.29, 0.717) is 12.1 Å². The highest BCUT2D eigenvalue weighted by Gasteiger charge is 2.27. The fourth-order valence-corrected chi connectivity index (χ4v) is 3.26. The van der Waals surface area contributed by atoms with Gasteiger partial charge in [0, 0.05) is 23.2 Å². The van der Waals surface area contributed by atoms with Crippen LogP contribution in [-0.2, 0) is 11.3 Å². The molecule has 0 aromatic heterocycles. The summed E-state index contributed by atoms with van der Waals surface area (Å²) in [6, 6.07) is 7.11. The largest absolute Gasteiger partial charge is 0.375 e. The molecule has 1 aromatic rings. The van der Waals surface area contributed by atoms with Gasteiger partial charge in [-0.1, -0.05) is 29.8 Å². The molecule has 2 rings (SSSR count). The van der Waals surface area contributed by atoms with Crippen molar-refractivity contribution in [3.63, 3.8) is 0 Å². The van der Waals surface area contributed by atoms with E-state index in [1.807, 2.05) is 0 Å². The molecule has 1 aliphatic rings. The van der Waals surface area contributed by atoms with Crippen molar-refractivity contribution in [2.75, 3.05) is 24.6 Å². The summed E-state index contributed by atoms with van der Waals surface area (Å²) in [5.41, 5.74) is 2.72. The molecule has 1 fully saturated rings. The second-order valence-corrected chi connectivity index (χ2v) is 6.72. The van der Waals surface area contributed by atoms with Crippen LogP contribution < -0.4 is 10.2 Å². The molecule has 2 unspecified atom stereocenters. The Kier molecular flexibility index (Phi) is 6.52. The van der Waals surface area contributed by atoms with Crippen LogP contribution in [-0.4, -0.2) is 31.8 Å². The van der Waals surface area contributed by atoms with Gasteiger partial charge in [0.05, 0.1) is 18.8 Å². The lowest BCUT2D eigenvalue weighted by Crippen LogP contribution is -2.49. The summed E-state index contributed by atoms with van der Waals surface area (Å²) >= 11 is 3.60. The third-order valence-corrected chi connectivity index (χ3v) is 4.53. The van der Waals surface area contributed by atoms with Gasteiger partial charge in [0.15, 0.2) is 0 Å². The maximum absolute atomic E-state index is 5.83. The van der Waals surface area contributed by atoms with Gasteiger partial charge in [0.25, 0.3) is 0 Å². The SMILES string of the molecule is CCCNCc1cc(Br)ccc1N1CC(C)OCC1CC. The first-order valence-corrected chi connectivity index (χ1v) is 8.82. The van der Waals surface area contributed by atoms with E-state index in [4.69, 9.17) is 4.74 Å². The van der Waals surface area contributed by atoms with E-state index in [0.717, 1.165) is 43.6 Å². The summed E-state index contributed by atoms with van der Waals surface area (Å²) in [4.78, 5) is 2.53. The Bertz CT molecular complexity index is 452. The monoisotopic (exact) mass is 354 g/mol. The predicted octanol–water partition coefficient (Wildman–Crippen LogP) is 3.95. The van der Waals surface area contributed by atoms with Crippen LogP contribution in [0.3, 0.4) is 0 Å². The molecule has 0 aliphatic carbocycles. The molecule has 3 nitrogen and oxygen atoms in total. The van der Waals surface area contributed by atoms with Crippen molar-refractivity contribution in [3.05, 3.63) is 28.2 Å². The van der Waals surface area contributed by atoms with Crippen LogP contribution in [0.15, 0.2) is 22.7 Å². The van der Waals surface area contributed by atoms with Crippen LogP contribution in [0.5, 0.6) is 0 Å². The summed E-state index contributed by atoms with van der Waals surface area (Å²) in [6.07, 6.45) is 2.58. The van der Waals surface area contributed by atoms with Crippen molar-refractivity contribution in [2.24, 2.45) is 0 Å². The average molecular weight is 355 g/mol. The number of rotatable bonds is 6. The van der Waals surface area contributed by atoms with Crippen molar-refractivity contribution in [1.29, 1.82) is 0 Å². The fraction of sp³-hybridized carbons (Fsp3) is 0.647. The summed E-state index contributed by atoms with van der Waals surface area (Å²) in [5, 5.41) is 3.52. The number of nitrogens with zero attached hydrogens (tertiary/aromatic N) is 1. The molecule has 118 valence electrons. The van der Waals surface area contributed by atoms with E-state index in [1.54, 1.807) is 0 Å². The van der Waals surface area contributed by atoms with Crippen LogP contribution in [0.25, 0.3) is 0 Å². The zero-order chi connectivity index (χ0) is 15.2. The second kappa shape index (κ2) is 8.16. The minimum Gasteiger partial charge on any atom is -0.375 e. The normalized spacial score (nSPS) is 22.6. The van der Waals surface area contributed by atoms with Crippen LogP contribution >= 0.6 is 15.9 Å². The highest BCUT2D eigenvalue weighted by Crippen LogP contribution is 2.29. The zero-order valence-corrected chi connectivity index (χ0v) is 14.9. The Morgan fingerprint density at radius 1 is 1.38 bits per heavy atom. The second-order valence-electron chi connectivity index (χ2n) is 5.81. The molecule has 1 aliphatic heterocycles. The van der Waals surface area contributed by atoms with Gasteiger partial charge in [-0.3, -0.25) is 0 Å². The molecule has 0 radical (unpaired) electrons. The maximum Gasteiger partial charge on any atom is 0.0723 e. The average Bonchev–Trinajstić information content (AvgIpc) is 2.48. The highest BCUT2D eigenvalue weighted by molar-refractivity contribution is 9.10. The number of hydrogen-bond donors (Lipinski definition) is 1. The number of morpholine rings is 1. The summed E-state index contributed by atoms with van der Waals surface area (Å²) in [5.74, 6) is 0. The summed E-state index contributed by atoms with van der Waals surface area (Å²) in [6.45, 7) is 10.4. The molecular weight excluding hydrogens is 328 g/mol. The van der Waals surface area contributed by atoms with Gasteiger partial charge in [-0.25, -0.2) is 0 Å². The van der Waals surface area contributed by atoms with Crippen LogP contribution in [0, 0.1) is 0 Å². The van der Waals surface area contributed by atoms with Crippen LogP contribution in [0.2, 0.25) is 0 Å². The van der Waals surface area contributed by atoms with Gasteiger partial charge >= 0.3 is 0 Å². The van der Waals surface area contributed by atoms with Gasteiger partial charge in [-0.2, -0.15) is 0 Å². The summed E-state index contributed by atoms with van der Waals surface area (Å²) < 4.78 is 6.98. The first kappa shape index (κ1) is 16.8. The maximum atomic E-state index is 5.83. The third-order valence-electron chi connectivity index (χ3n) is 4.03. The lowest BCUT2D eigenvalue weighted by atomic mass is 10.1. The lowest BCUT2D eigenvalue weighted by Gasteiger charge is -2.41. The number of ether oxygens (including phenoxy) is 1. The van der Waals surface area contributed by atoms with Crippen LogP contribution in [0.4, 0.5) is 5.69 Å². The van der Waals surface area contributed by atoms with Crippen molar-refractivity contribution in [1.82, 2.24) is 5.32 Å². The topological polar surface area (TPSA) is 24.5 Å². The fourth-order valence-electron chi connectivity index (χ4n) is 2.85. The number of hydrogen-bond acceptors (Lipinski definition) is 3. The van der Waals surface area contributed by atoms with E-state index in [2.05, 4.69) is 65.1 Å². The molecule has 0 saturated carbocycles. The quantitative estimate of drug-likeness (QED) is 0.782. The molecule has 1 saturated heterocycles. The van der Waals surface area contributed by atoms with Crippen molar-refractivity contribution in [3.8, 4) is 0 Å². The number of nitrogens with one attached hydrogen (secondary N) is 1. The number of benzene rings is 1. The predicted molar refractivity (Wildman–Crippen MR) is 93.0 cm³/mol. The molecule has 1 heterocycles. The van der Waals surface area contributed by atoms with E-state index in [1.165, 1.54) is 11.3 Å². The molecule has 1 aromatic carbocycles. The van der Waals surface area contributed by atoms with Crippen molar-refractivity contribution in [2.45, 2.75) is 52.3 Å². The molecule has 2 atom stereocenters. The lowest BCUT2D eigenvalue weighted by molar-refractivity contribution is 0.0299. The van der Waals surface area contributed by atoms with E-state index in [9.17, 15) is 0 Å². The van der Waals surface area contributed by atoms with Gasteiger partial charge in [0.1, 0.15) is 0 Å². The van der Waals surface area contributed by atoms with Gasteiger partial charge in [0.2, 0.25) is 0 Å². The van der Waals surface area contributed by atoms with Crippen molar-refractivity contribution >= 4 is 21.6 Å². The molecule has 21 heavy (non-hydrogen) atoms. The van der Waals surface area contributed by atoms with Crippen LogP contribution in [0.1, 0.15) is 39.2 Å². The molecule has 1 N–H and O–H groups in total. The Morgan fingerprint density at radius 2 is 2.19 bits per heavy atom. The number of halogens is 1. The van der Waals surface area contributed by atoms with Gasteiger partial charge in [-0.15, -0.1) is 0 Å². The zero-order valence-electron chi connectivity index (χ0n) is 13.4. The van der Waals surface area contributed by atoms with Crippen molar-refractivity contribution < 1.29 is 4.74 Å². The standard InChI is InChI=1S/C17H27BrN2O/c1-4-8-19-10-14-9-15(18)6-7-17(14)20-11-13(3)21-12-16(20)5-2/h6-7,9,13,16,19H,4-5,8,10-12H2,1-3H3. The van der Waals surface area contributed by atoms with E-state index < -0.39 is 0 Å². The first-order chi connectivity index (χ1) is 10.2. The Hall–Kier alpha value is -0.580. The molecular formula is C17H27BrN2O. The van der Waals surface area contributed by atoms with E-state index in [-0.39, 0.29) is 0 Å². The van der Waals surface area contributed by atoms with Gasteiger partial charge in [-0.05, 0) is 50.1 Å². The number of anilines is 1. The first-order valence-electron chi connectivity index (χ1n) is 8.03.